The molecule has 0 aliphatic carbocycles. The van der Waals surface area contributed by atoms with E-state index in [9.17, 15) is 9.18 Å². The van der Waals surface area contributed by atoms with E-state index in [1.54, 1.807) is 23.4 Å². The molecule has 1 aliphatic heterocycles. The Bertz CT molecular complexity index is 687. The lowest BCUT2D eigenvalue weighted by Crippen LogP contribution is -2.45. The highest BCUT2D eigenvalue weighted by atomic mass is 19.1. The average Bonchev–Trinajstić information content (AvgIpc) is 2.99. The number of rotatable bonds is 3. The van der Waals surface area contributed by atoms with E-state index in [1.165, 1.54) is 12.1 Å². The summed E-state index contributed by atoms with van der Waals surface area (Å²) in [6.07, 6.45) is 3.61. The SMILES string of the molecule is Cn1cnnc1[C@@H]1CCCN(C(=O)NCc2cccc(F)c2)C1. The molecule has 2 amide bonds. The maximum Gasteiger partial charge on any atom is 0.317 e. The minimum atomic E-state index is -0.294. The summed E-state index contributed by atoms with van der Waals surface area (Å²) in [6, 6.07) is 6.13. The van der Waals surface area contributed by atoms with Gasteiger partial charge in [-0.3, -0.25) is 0 Å². The van der Waals surface area contributed by atoms with E-state index in [0.717, 1.165) is 30.8 Å². The Balaban J connectivity index is 1.58. The topological polar surface area (TPSA) is 63.1 Å². The lowest BCUT2D eigenvalue weighted by Gasteiger charge is -2.32. The molecule has 1 aromatic carbocycles. The van der Waals surface area contributed by atoms with Crippen LogP contribution in [0.15, 0.2) is 30.6 Å². The Kier molecular flexibility index (Phi) is 4.55. The molecule has 1 saturated heterocycles. The van der Waals surface area contributed by atoms with Gasteiger partial charge in [0.2, 0.25) is 0 Å². The van der Waals surface area contributed by atoms with Crippen molar-refractivity contribution in [3.8, 4) is 0 Å². The largest absolute Gasteiger partial charge is 0.334 e. The molecule has 23 heavy (non-hydrogen) atoms. The van der Waals surface area contributed by atoms with Crippen LogP contribution in [0.3, 0.4) is 0 Å². The summed E-state index contributed by atoms with van der Waals surface area (Å²) in [5, 5.41) is 10.9. The molecule has 6 nitrogen and oxygen atoms in total. The predicted molar refractivity (Wildman–Crippen MR) is 83.2 cm³/mol. The van der Waals surface area contributed by atoms with Crippen molar-refractivity contribution in [2.24, 2.45) is 7.05 Å². The number of piperidine rings is 1. The normalized spacial score (nSPS) is 18.0. The maximum atomic E-state index is 13.2. The lowest BCUT2D eigenvalue weighted by molar-refractivity contribution is 0.177. The van der Waals surface area contributed by atoms with Crippen molar-refractivity contribution >= 4 is 6.03 Å². The van der Waals surface area contributed by atoms with Crippen molar-refractivity contribution in [3.05, 3.63) is 47.8 Å². The molecular weight excluding hydrogens is 297 g/mol. The van der Waals surface area contributed by atoms with Crippen LogP contribution in [0.4, 0.5) is 9.18 Å². The van der Waals surface area contributed by atoms with Crippen LogP contribution in [0.5, 0.6) is 0 Å². The zero-order valence-electron chi connectivity index (χ0n) is 13.1. The van der Waals surface area contributed by atoms with Gasteiger partial charge in [-0.05, 0) is 30.5 Å². The summed E-state index contributed by atoms with van der Waals surface area (Å²) in [5.41, 5.74) is 0.750. The number of hydrogen-bond acceptors (Lipinski definition) is 3. The zero-order chi connectivity index (χ0) is 16.2. The van der Waals surface area contributed by atoms with E-state index in [2.05, 4.69) is 15.5 Å². The van der Waals surface area contributed by atoms with Crippen molar-refractivity contribution in [2.75, 3.05) is 13.1 Å². The predicted octanol–water partition coefficient (Wildman–Crippen LogP) is 2.04. The molecule has 1 fully saturated rings. The van der Waals surface area contributed by atoms with Crippen LogP contribution in [-0.2, 0) is 13.6 Å². The van der Waals surface area contributed by atoms with Crippen molar-refractivity contribution in [1.29, 1.82) is 0 Å². The minimum absolute atomic E-state index is 0.124. The molecule has 0 unspecified atom stereocenters. The number of aryl methyl sites for hydroxylation is 1. The number of aromatic nitrogens is 3. The first-order valence-electron chi connectivity index (χ1n) is 7.74. The lowest BCUT2D eigenvalue weighted by atomic mass is 9.97. The molecule has 0 bridgehead atoms. The minimum Gasteiger partial charge on any atom is -0.334 e. The van der Waals surface area contributed by atoms with Crippen LogP contribution in [0, 0.1) is 5.82 Å². The summed E-state index contributed by atoms with van der Waals surface area (Å²) >= 11 is 0. The Labute approximate surface area is 134 Å². The summed E-state index contributed by atoms with van der Waals surface area (Å²) in [7, 11) is 1.91. The monoisotopic (exact) mass is 317 g/mol. The number of nitrogens with zero attached hydrogens (tertiary/aromatic N) is 4. The van der Waals surface area contributed by atoms with Gasteiger partial charge < -0.3 is 14.8 Å². The van der Waals surface area contributed by atoms with Crippen LogP contribution < -0.4 is 5.32 Å². The molecule has 0 radical (unpaired) electrons. The summed E-state index contributed by atoms with van der Waals surface area (Å²) in [6.45, 7) is 1.67. The fourth-order valence-corrected chi connectivity index (χ4v) is 2.97. The standard InChI is InChI=1S/C16H20FN5O/c1-21-11-19-20-15(21)13-5-3-7-22(10-13)16(23)18-9-12-4-2-6-14(17)8-12/h2,4,6,8,11,13H,3,5,7,9-10H2,1H3,(H,18,23)/t13-/m1/s1. The highest BCUT2D eigenvalue weighted by Crippen LogP contribution is 2.24. The van der Waals surface area contributed by atoms with Gasteiger partial charge in [-0.15, -0.1) is 10.2 Å². The summed E-state index contributed by atoms with van der Waals surface area (Å²) < 4.78 is 15.1. The van der Waals surface area contributed by atoms with E-state index < -0.39 is 0 Å². The molecule has 2 heterocycles. The third-order valence-electron chi connectivity index (χ3n) is 4.15. The number of carbonyl (C=O) groups is 1. The number of hydrogen-bond donors (Lipinski definition) is 1. The molecule has 0 saturated carbocycles. The molecule has 1 N–H and O–H groups in total. The van der Waals surface area contributed by atoms with Gasteiger partial charge in [0.1, 0.15) is 18.0 Å². The molecule has 3 rings (SSSR count). The second-order valence-corrected chi connectivity index (χ2v) is 5.87. The van der Waals surface area contributed by atoms with Crippen LogP contribution in [0.2, 0.25) is 0 Å². The van der Waals surface area contributed by atoms with Gasteiger partial charge in [0.25, 0.3) is 0 Å². The van der Waals surface area contributed by atoms with Gasteiger partial charge in [-0.1, -0.05) is 12.1 Å². The smallest absolute Gasteiger partial charge is 0.317 e. The van der Waals surface area contributed by atoms with Crippen molar-refractivity contribution in [2.45, 2.75) is 25.3 Å². The Morgan fingerprint density at radius 2 is 2.35 bits per heavy atom. The van der Waals surface area contributed by atoms with Crippen molar-refractivity contribution in [1.82, 2.24) is 25.0 Å². The first kappa shape index (κ1) is 15.5. The fourth-order valence-electron chi connectivity index (χ4n) is 2.97. The third-order valence-corrected chi connectivity index (χ3v) is 4.15. The molecular formula is C16H20FN5O. The van der Waals surface area contributed by atoms with Gasteiger partial charge in [-0.25, -0.2) is 9.18 Å². The second-order valence-electron chi connectivity index (χ2n) is 5.87. The number of benzene rings is 1. The van der Waals surface area contributed by atoms with Gasteiger partial charge in [-0.2, -0.15) is 0 Å². The van der Waals surface area contributed by atoms with E-state index in [0.29, 0.717) is 13.1 Å². The van der Waals surface area contributed by atoms with E-state index in [-0.39, 0.29) is 17.8 Å². The van der Waals surface area contributed by atoms with Crippen LogP contribution in [0.25, 0.3) is 0 Å². The van der Waals surface area contributed by atoms with E-state index >= 15 is 0 Å². The van der Waals surface area contributed by atoms with Gasteiger partial charge in [0, 0.05) is 32.6 Å². The molecule has 1 aromatic heterocycles. The first-order chi connectivity index (χ1) is 11.1. The first-order valence-corrected chi connectivity index (χ1v) is 7.74. The fraction of sp³-hybridized carbons (Fsp3) is 0.438. The number of halogens is 1. The maximum absolute atomic E-state index is 13.2. The molecule has 1 atom stereocenters. The number of nitrogens with one attached hydrogen (secondary N) is 1. The van der Waals surface area contributed by atoms with Gasteiger partial charge in [0.05, 0.1) is 0 Å². The second kappa shape index (κ2) is 6.76. The zero-order valence-corrected chi connectivity index (χ0v) is 13.1. The van der Waals surface area contributed by atoms with Crippen molar-refractivity contribution < 1.29 is 9.18 Å². The molecule has 1 aliphatic rings. The van der Waals surface area contributed by atoms with Gasteiger partial charge in [0.15, 0.2) is 0 Å². The highest BCUT2D eigenvalue weighted by Gasteiger charge is 2.27. The van der Waals surface area contributed by atoms with E-state index in [4.69, 9.17) is 0 Å². The summed E-state index contributed by atoms with van der Waals surface area (Å²) in [5.74, 6) is 0.820. The Morgan fingerprint density at radius 1 is 1.48 bits per heavy atom. The quantitative estimate of drug-likeness (QED) is 0.942. The average molecular weight is 317 g/mol. The molecule has 0 spiro atoms. The van der Waals surface area contributed by atoms with Crippen LogP contribution in [-0.4, -0.2) is 38.8 Å². The number of amides is 2. The van der Waals surface area contributed by atoms with Crippen LogP contribution in [0.1, 0.15) is 30.1 Å². The Hall–Kier alpha value is -2.44. The molecule has 2 aromatic rings. The van der Waals surface area contributed by atoms with Crippen molar-refractivity contribution in [3.63, 3.8) is 0 Å². The molecule has 7 heteroatoms. The third kappa shape index (κ3) is 3.67. The van der Waals surface area contributed by atoms with Gasteiger partial charge >= 0.3 is 6.03 Å². The Morgan fingerprint density at radius 3 is 3.09 bits per heavy atom. The highest BCUT2D eigenvalue weighted by molar-refractivity contribution is 5.74. The van der Waals surface area contributed by atoms with Crippen LogP contribution >= 0.6 is 0 Å². The number of carbonyl (C=O) groups excluding carboxylic acids is 1. The van der Waals surface area contributed by atoms with E-state index in [1.807, 2.05) is 11.6 Å². The number of urea groups is 1. The summed E-state index contributed by atoms with van der Waals surface area (Å²) in [4.78, 5) is 14.1. The number of likely N-dealkylation sites (tertiary alicyclic amines) is 1. The molecule has 122 valence electrons.